The van der Waals surface area contributed by atoms with E-state index in [0.29, 0.717) is 23.0 Å². The molecule has 2 rings (SSSR count). The fourth-order valence-corrected chi connectivity index (χ4v) is 2.08. The fourth-order valence-electron chi connectivity index (χ4n) is 1.89. The molecule has 0 aliphatic heterocycles. The fraction of sp³-hybridized carbons (Fsp3) is 0.286. The average Bonchev–Trinajstić information content (AvgIpc) is 2.47. The molecule has 1 aromatic carbocycles. The predicted molar refractivity (Wildman–Crippen MR) is 77.2 cm³/mol. The van der Waals surface area contributed by atoms with E-state index in [-0.39, 0.29) is 6.04 Å². The average molecular weight is 294 g/mol. The first kappa shape index (κ1) is 14.6. The van der Waals surface area contributed by atoms with Gasteiger partial charge in [0.2, 0.25) is 5.88 Å². The third-order valence-corrected chi connectivity index (χ3v) is 3.17. The molecule has 1 atom stereocenters. The zero-order valence-electron chi connectivity index (χ0n) is 11.3. The lowest BCUT2D eigenvalue weighted by Crippen LogP contribution is -2.16. The van der Waals surface area contributed by atoms with Crippen molar-refractivity contribution in [3.63, 3.8) is 0 Å². The first-order valence-electron chi connectivity index (χ1n) is 6.09. The van der Waals surface area contributed by atoms with E-state index in [4.69, 9.17) is 26.8 Å². The molecule has 2 aromatic rings. The molecule has 6 heteroatoms. The van der Waals surface area contributed by atoms with Gasteiger partial charge in [0, 0.05) is 11.1 Å². The third kappa shape index (κ3) is 3.37. The van der Waals surface area contributed by atoms with Crippen molar-refractivity contribution in [2.45, 2.75) is 12.5 Å². The Morgan fingerprint density at radius 2 is 1.95 bits per heavy atom. The van der Waals surface area contributed by atoms with Crippen LogP contribution in [0.2, 0.25) is 5.02 Å². The van der Waals surface area contributed by atoms with Gasteiger partial charge >= 0.3 is 0 Å². The van der Waals surface area contributed by atoms with Gasteiger partial charge in [0.25, 0.3) is 0 Å². The van der Waals surface area contributed by atoms with Gasteiger partial charge in [-0.1, -0.05) is 11.6 Å². The van der Waals surface area contributed by atoms with Crippen LogP contribution < -0.4 is 15.2 Å². The van der Waals surface area contributed by atoms with E-state index in [0.717, 1.165) is 11.3 Å². The van der Waals surface area contributed by atoms with Gasteiger partial charge in [0.15, 0.2) is 0 Å². The van der Waals surface area contributed by atoms with Crippen LogP contribution in [0.3, 0.4) is 0 Å². The second-order valence-electron chi connectivity index (χ2n) is 4.27. The highest BCUT2D eigenvalue weighted by Gasteiger charge is 2.13. The maximum Gasteiger partial charge on any atom is 0.233 e. The molecular formula is C14H16ClN3O2. The van der Waals surface area contributed by atoms with Crippen molar-refractivity contribution >= 4 is 11.6 Å². The summed E-state index contributed by atoms with van der Waals surface area (Å²) in [5.41, 5.74) is 7.77. The highest BCUT2D eigenvalue weighted by atomic mass is 35.5. The molecule has 2 N–H and O–H groups in total. The molecule has 5 nitrogen and oxygen atoms in total. The molecule has 106 valence electrons. The van der Waals surface area contributed by atoms with Crippen LogP contribution in [0.1, 0.15) is 17.3 Å². The summed E-state index contributed by atoms with van der Waals surface area (Å²) in [6, 6.07) is 8.69. The molecule has 0 aliphatic carbocycles. The number of aromatic nitrogens is 2. The zero-order valence-corrected chi connectivity index (χ0v) is 12.1. The number of hydrogen-bond donors (Lipinski definition) is 1. The predicted octanol–water partition coefficient (Wildman–Crippen LogP) is 2.39. The molecular weight excluding hydrogens is 278 g/mol. The molecule has 20 heavy (non-hydrogen) atoms. The van der Waals surface area contributed by atoms with Crippen molar-refractivity contribution < 1.29 is 9.47 Å². The second-order valence-corrected chi connectivity index (χ2v) is 4.70. The highest BCUT2D eigenvalue weighted by Crippen LogP contribution is 2.26. The minimum absolute atomic E-state index is 0.291. The molecule has 0 saturated heterocycles. The van der Waals surface area contributed by atoms with Gasteiger partial charge in [-0.2, -0.15) is 5.10 Å². The number of nitrogens with two attached hydrogens (primary N) is 1. The second kappa shape index (κ2) is 6.54. The molecule has 1 unspecified atom stereocenters. The van der Waals surface area contributed by atoms with Gasteiger partial charge in [-0.25, -0.2) is 0 Å². The van der Waals surface area contributed by atoms with Crippen LogP contribution in [0.15, 0.2) is 30.3 Å². The van der Waals surface area contributed by atoms with Crippen LogP contribution in [0.25, 0.3) is 0 Å². The first-order chi connectivity index (χ1) is 9.63. The zero-order chi connectivity index (χ0) is 14.5. The topological polar surface area (TPSA) is 70.3 Å². The summed E-state index contributed by atoms with van der Waals surface area (Å²) in [5.74, 6) is 1.22. The van der Waals surface area contributed by atoms with Crippen LogP contribution in [0, 0.1) is 0 Å². The van der Waals surface area contributed by atoms with Gasteiger partial charge in [-0.15, -0.1) is 5.10 Å². The molecule has 0 radical (unpaired) electrons. The maximum absolute atomic E-state index is 6.15. The number of hydrogen-bond acceptors (Lipinski definition) is 5. The Bertz CT molecular complexity index is 575. The molecule has 0 amide bonds. The number of halogens is 1. The lowest BCUT2D eigenvalue weighted by atomic mass is 10.0. The van der Waals surface area contributed by atoms with Gasteiger partial charge in [-0.05, 0) is 36.2 Å². The van der Waals surface area contributed by atoms with Crippen LogP contribution in [0.5, 0.6) is 11.6 Å². The Balaban J connectivity index is 2.17. The van der Waals surface area contributed by atoms with E-state index in [2.05, 4.69) is 10.2 Å². The third-order valence-electron chi connectivity index (χ3n) is 2.93. The first-order valence-corrected chi connectivity index (χ1v) is 6.47. The number of methoxy groups -OCH3 is 2. The smallest absolute Gasteiger partial charge is 0.233 e. The standard InChI is InChI=1S/C14H16ClN3O2/c1-19-13-5-3-10(15)7-9(13)8-11(16)12-4-6-14(20-2)18-17-12/h3-7,11H,8,16H2,1-2H3. The molecule has 0 spiro atoms. The molecule has 1 aromatic heterocycles. The van der Waals surface area contributed by atoms with Gasteiger partial charge in [-0.3, -0.25) is 0 Å². The van der Waals surface area contributed by atoms with E-state index < -0.39 is 0 Å². The number of rotatable bonds is 5. The van der Waals surface area contributed by atoms with Crippen LogP contribution in [-0.4, -0.2) is 24.4 Å². The summed E-state index contributed by atoms with van der Waals surface area (Å²) in [6.45, 7) is 0. The number of nitrogens with zero attached hydrogens (tertiary/aromatic N) is 2. The largest absolute Gasteiger partial charge is 0.496 e. The Kier molecular flexibility index (Phi) is 4.76. The summed E-state index contributed by atoms with van der Waals surface area (Å²) in [4.78, 5) is 0. The van der Waals surface area contributed by atoms with Crippen molar-refractivity contribution in [1.29, 1.82) is 0 Å². The van der Waals surface area contributed by atoms with Crippen LogP contribution in [-0.2, 0) is 6.42 Å². The summed E-state index contributed by atoms with van der Waals surface area (Å²) in [5, 5.41) is 8.61. The molecule has 0 fully saturated rings. The van der Waals surface area contributed by atoms with Gasteiger partial charge in [0.05, 0.1) is 26.0 Å². The molecule has 0 bridgehead atoms. The van der Waals surface area contributed by atoms with Crippen molar-refractivity contribution in [1.82, 2.24) is 10.2 Å². The normalized spacial score (nSPS) is 12.0. The van der Waals surface area contributed by atoms with Crippen molar-refractivity contribution in [3.05, 3.63) is 46.6 Å². The van der Waals surface area contributed by atoms with E-state index >= 15 is 0 Å². The summed E-state index contributed by atoms with van der Waals surface area (Å²) < 4.78 is 10.3. The van der Waals surface area contributed by atoms with Crippen molar-refractivity contribution in [2.24, 2.45) is 5.73 Å². The number of ether oxygens (including phenoxy) is 2. The van der Waals surface area contributed by atoms with E-state index in [1.807, 2.05) is 12.1 Å². The van der Waals surface area contributed by atoms with E-state index in [1.54, 1.807) is 32.4 Å². The van der Waals surface area contributed by atoms with Gasteiger partial charge < -0.3 is 15.2 Å². The van der Waals surface area contributed by atoms with Crippen LogP contribution >= 0.6 is 11.6 Å². The SMILES string of the molecule is COc1ccc(C(N)Cc2cc(Cl)ccc2OC)nn1. The van der Waals surface area contributed by atoms with Crippen molar-refractivity contribution in [2.75, 3.05) is 14.2 Å². The Labute approximate surface area is 122 Å². The number of benzene rings is 1. The van der Waals surface area contributed by atoms with E-state index in [9.17, 15) is 0 Å². The minimum Gasteiger partial charge on any atom is -0.496 e. The summed E-state index contributed by atoms with van der Waals surface area (Å²) >= 11 is 6.00. The van der Waals surface area contributed by atoms with Gasteiger partial charge in [0.1, 0.15) is 5.75 Å². The van der Waals surface area contributed by atoms with E-state index in [1.165, 1.54) is 0 Å². The lowest BCUT2D eigenvalue weighted by Gasteiger charge is -2.14. The highest BCUT2D eigenvalue weighted by molar-refractivity contribution is 6.30. The minimum atomic E-state index is -0.291. The quantitative estimate of drug-likeness (QED) is 0.916. The molecule has 0 aliphatic rings. The van der Waals surface area contributed by atoms with Crippen molar-refractivity contribution in [3.8, 4) is 11.6 Å². The van der Waals surface area contributed by atoms with Crippen LogP contribution in [0.4, 0.5) is 0 Å². The molecule has 1 heterocycles. The Morgan fingerprint density at radius 1 is 1.15 bits per heavy atom. The Morgan fingerprint density at radius 3 is 2.55 bits per heavy atom. The monoisotopic (exact) mass is 293 g/mol. The summed E-state index contributed by atoms with van der Waals surface area (Å²) in [7, 11) is 3.16. The maximum atomic E-state index is 6.15. The lowest BCUT2D eigenvalue weighted by molar-refractivity contribution is 0.390. The molecule has 0 saturated carbocycles. The Hall–Kier alpha value is -1.85. The summed E-state index contributed by atoms with van der Waals surface area (Å²) in [6.07, 6.45) is 0.560.